The van der Waals surface area contributed by atoms with Crippen molar-refractivity contribution in [2.75, 3.05) is 5.32 Å². The molecule has 4 N–H and O–H groups in total. The van der Waals surface area contributed by atoms with E-state index in [9.17, 15) is 27.5 Å². The minimum Gasteiger partial charge on any atom is -0.478 e. The first-order chi connectivity index (χ1) is 12.6. The summed E-state index contributed by atoms with van der Waals surface area (Å²) in [5.74, 6) is -1.39. The van der Waals surface area contributed by atoms with Gasteiger partial charge in [0.25, 0.3) is 5.69 Å². The Bertz CT molecular complexity index is 850. The number of hydrogen-bond donors (Lipinski definition) is 4. The molecule has 0 aliphatic carbocycles. The molecule has 1 unspecified atom stereocenters. The molecule has 0 bridgehead atoms. The van der Waals surface area contributed by atoms with Crippen LogP contribution in [-0.2, 0) is 12.4 Å². The monoisotopic (exact) mass is 442 g/mol. The third kappa shape index (κ3) is 7.04. The zero-order valence-electron chi connectivity index (χ0n) is 13.8. The van der Waals surface area contributed by atoms with Crippen molar-refractivity contribution in [2.24, 2.45) is 0 Å². The number of nitro benzene ring substituents is 1. The molecule has 2 aromatic rings. The average molecular weight is 442 g/mol. The molecule has 0 aliphatic heterocycles. The van der Waals surface area contributed by atoms with Gasteiger partial charge in [-0.3, -0.25) is 10.1 Å². The summed E-state index contributed by atoms with van der Waals surface area (Å²) in [6.07, 6.45) is 0. The second kappa shape index (κ2) is 9.64. The van der Waals surface area contributed by atoms with E-state index in [1.54, 1.807) is 6.07 Å². The standard InChI is InChI=1S/C8H10AsNO5.C7H5NO4/c1-6(11)10-8-4-2-3-7(5-8)9(12,13)15-14;9-7(10)5-1-3-6(4-2-5)8(11)12/h2-5,14H,1H3,(H,10,11)(H,12,13);1-4H,(H,9,10). The van der Waals surface area contributed by atoms with Crippen LogP contribution < -0.4 is 9.67 Å². The number of hydrogen-bond acceptors (Lipinski definition) is 7. The number of nitrogens with one attached hydrogen (secondary N) is 1. The van der Waals surface area contributed by atoms with E-state index in [-0.39, 0.29) is 21.5 Å². The Morgan fingerprint density at radius 2 is 1.78 bits per heavy atom. The van der Waals surface area contributed by atoms with E-state index in [4.69, 9.17) is 10.4 Å². The normalized spacial score (nSPS) is 12.1. The molecule has 0 saturated heterocycles. The molecule has 0 heterocycles. The molecule has 1 amide bonds. The topological polar surface area (TPSA) is 176 Å². The molecule has 2 aromatic carbocycles. The SMILES string of the molecule is CC(=O)Nc1cccc([As](=O)(O)OO)c1.O=C(O)c1ccc([N+](=O)[O-])cc1. The quantitative estimate of drug-likeness (QED) is 0.228. The Hall–Kier alpha value is -2.98. The van der Waals surface area contributed by atoms with E-state index in [1.165, 1.54) is 37.3 Å². The second-order valence-electron chi connectivity index (χ2n) is 4.94. The maximum absolute atomic E-state index is 11.3. The van der Waals surface area contributed by atoms with E-state index in [1.807, 2.05) is 0 Å². The number of benzene rings is 2. The van der Waals surface area contributed by atoms with Crippen LogP contribution >= 0.6 is 0 Å². The Kier molecular flexibility index (Phi) is 7.88. The van der Waals surface area contributed by atoms with Crippen LogP contribution in [0, 0.1) is 10.1 Å². The first-order valence-corrected chi connectivity index (χ1v) is 10.4. The van der Waals surface area contributed by atoms with Crippen LogP contribution in [-0.4, -0.2) is 45.4 Å². The molecule has 11 nitrogen and oxygen atoms in total. The van der Waals surface area contributed by atoms with Gasteiger partial charge in [0.2, 0.25) is 0 Å². The van der Waals surface area contributed by atoms with Crippen molar-refractivity contribution >= 4 is 41.8 Å². The van der Waals surface area contributed by atoms with Crippen molar-refractivity contribution in [3.63, 3.8) is 0 Å². The van der Waals surface area contributed by atoms with Gasteiger partial charge < -0.3 is 5.11 Å². The van der Waals surface area contributed by atoms with Crippen LogP contribution in [0.2, 0.25) is 0 Å². The van der Waals surface area contributed by atoms with Gasteiger partial charge in [-0.15, -0.1) is 0 Å². The average Bonchev–Trinajstić information content (AvgIpc) is 2.62. The van der Waals surface area contributed by atoms with E-state index in [2.05, 4.69) is 9.19 Å². The second-order valence-corrected chi connectivity index (χ2v) is 8.55. The zero-order chi connectivity index (χ0) is 20.6. The van der Waals surface area contributed by atoms with Crippen molar-refractivity contribution in [1.29, 1.82) is 0 Å². The molecular formula is C15H15AsN2O9. The fourth-order valence-corrected chi connectivity index (χ4v) is 3.14. The van der Waals surface area contributed by atoms with E-state index in [0.717, 1.165) is 12.1 Å². The number of carboxylic acid groups (broad SMARTS) is 1. The Labute approximate surface area is 155 Å². The summed E-state index contributed by atoms with van der Waals surface area (Å²) in [7, 11) is 0. The number of rotatable bonds is 5. The van der Waals surface area contributed by atoms with Gasteiger partial charge in [0, 0.05) is 12.1 Å². The molecule has 0 aliphatic rings. The maximum Gasteiger partial charge on any atom is 0.335 e. The smallest absolute Gasteiger partial charge is 0.335 e. The minimum absolute atomic E-state index is 0.0399. The van der Waals surface area contributed by atoms with Gasteiger partial charge in [-0.05, 0) is 12.1 Å². The Morgan fingerprint density at radius 1 is 1.19 bits per heavy atom. The van der Waals surface area contributed by atoms with Gasteiger partial charge in [-0.1, -0.05) is 0 Å². The fraction of sp³-hybridized carbons (Fsp3) is 0.0667. The van der Waals surface area contributed by atoms with Gasteiger partial charge in [0.05, 0.1) is 10.5 Å². The summed E-state index contributed by atoms with van der Waals surface area (Å²) >= 11 is -4.83. The van der Waals surface area contributed by atoms with Crippen LogP contribution in [0.15, 0.2) is 48.5 Å². The Balaban J connectivity index is 0.000000277. The van der Waals surface area contributed by atoms with Crippen LogP contribution in [0.5, 0.6) is 0 Å². The van der Waals surface area contributed by atoms with Crippen molar-refractivity contribution < 1.29 is 36.6 Å². The molecular weight excluding hydrogens is 427 g/mol. The van der Waals surface area contributed by atoms with Crippen molar-refractivity contribution in [1.82, 2.24) is 0 Å². The van der Waals surface area contributed by atoms with Gasteiger partial charge in [0.1, 0.15) is 0 Å². The number of carbonyl (C=O) groups is 2. The summed E-state index contributed by atoms with van der Waals surface area (Å²) in [5.41, 5.74) is 0.299. The van der Waals surface area contributed by atoms with Gasteiger partial charge in [-0.2, -0.15) is 0 Å². The molecule has 0 fully saturated rings. The largest absolute Gasteiger partial charge is 0.478 e. The zero-order valence-corrected chi connectivity index (χ0v) is 15.7. The van der Waals surface area contributed by atoms with E-state index >= 15 is 0 Å². The van der Waals surface area contributed by atoms with Crippen LogP contribution in [0.1, 0.15) is 17.3 Å². The number of aromatic carboxylic acids is 1. The fourth-order valence-electron chi connectivity index (χ4n) is 1.74. The van der Waals surface area contributed by atoms with Crippen molar-refractivity contribution in [2.45, 2.75) is 6.92 Å². The predicted octanol–water partition coefficient (Wildman–Crippen LogP) is 0.996. The van der Waals surface area contributed by atoms with Crippen LogP contribution in [0.25, 0.3) is 0 Å². The number of non-ortho nitro benzene ring substituents is 1. The molecule has 0 radical (unpaired) electrons. The molecule has 0 spiro atoms. The molecule has 144 valence electrons. The van der Waals surface area contributed by atoms with E-state index < -0.39 is 25.1 Å². The molecule has 0 aromatic heterocycles. The van der Waals surface area contributed by atoms with Gasteiger partial charge >= 0.3 is 94.4 Å². The molecule has 12 heteroatoms. The number of anilines is 1. The van der Waals surface area contributed by atoms with Crippen molar-refractivity contribution in [3.05, 3.63) is 64.2 Å². The third-order valence-corrected chi connectivity index (χ3v) is 5.35. The summed E-state index contributed by atoms with van der Waals surface area (Å²) in [6, 6.07) is 10.3. The first-order valence-electron chi connectivity index (χ1n) is 7.08. The molecule has 1 atom stereocenters. The van der Waals surface area contributed by atoms with Gasteiger partial charge in [0.15, 0.2) is 0 Å². The minimum atomic E-state index is -4.83. The third-order valence-electron chi connectivity index (χ3n) is 2.93. The number of carbonyl (C=O) groups excluding carboxylic acids is 1. The number of nitro groups is 1. The molecule has 27 heavy (non-hydrogen) atoms. The van der Waals surface area contributed by atoms with Gasteiger partial charge in [-0.25, -0.2) is 4.79 Å². The molecule has 2 rings (SSSR count). The predicted molar refractivity (Wildman–Crippen MR) is 92.8 cm³/mol. The number of carboxylic acids is 1. The summed E-state index contributed by atoms with van der Waals surface area (Å²) in [6.45, 7) is 1.32. The number of amides is 1. The number of nitrogens with zero attached hydrogens (tertiary/aromatic N) is 1. The van der Waals surface area contributed by atoms with Crippen LogP contribution in [0.4, 0.5) is 11.4 Å². The first kappa shape index (κ1) is 22.1. The summed E-state index contributed by atoms with van der Waals surface area (Å²) in [5, 5.41) is 29.3. The Morgan fingerprint density at radius 3 is 2.22 bits per heavy atom. The van der Waals surface area contributed by atoms with Crippen molar-refractivity contribution in [3.8, 4) is 0 Å². The van der Waals surface area contributed by atoms with E-state index in [0.29, 0.717) is 5.69 Å². The summed E-state index contributed by atoms with van der Waals surface area (Å²) < 4.78 is 23.9. The maximum atomic E-state index is 11.3. The summed E-state index contributed by atoms with van der Waals surface area (Å²) in [4.78, 5) is 30.6. The molecule has 0 saturated carbocycles. The van der Waals surface area contributed by atoms with Crippen LogP contribution in [0.3, 0.4) is 0 Å².